The Morgan fingerprint density at radius 1 is 1.36 bits per heavy atom. The Bertz CT molecular complexity index is 975. The fourth-order valence-corrected chi connectivity index (χ4v) is 2.98. The van der Waals surface area contributed by atoms with Gasteiger partial charge in [0.2, 0.25) is 0 Å². The van der Waals surface area contributed by atoms with Gasteiger partial charge in [-0.15, -0.1) is 0 Å². The monoisotopic (exact) mass is 401 g/mol. The summed E-state index contributed by atoms with van der Waals surface area (Å²) in [7, 11) is 1.83. The highest BCUT2D eigenvalue weighted by Gasteiger charge is 2.14. The number of ether oxygens (including phenoxy) is 1. The normalized spacial score (nSPS) is 11.1. The lowest BCUT2D eigenvalue weighted by atomic mass is 10.0. The van der Waals surface area contributed by atoms with Gasteiger partial charge in [-0.3, -0.25) is 9.48 Å². The van der Waals surface area contributed by atoms with Crippen molar-refractivity contribution in [3.63, 3.8) is 0 Å². The molecular weight excluding hydrogens is 378 g/mol. The first kappa shape index (κ1) is 20.0. The van der Waals surface area contributed by atoms with Crippen molar-refractivity contribution in [2.24, 2.45) is 7.05 Å². The van der Waals surface area contributed by atoms with Gasteiger partial charge >= 0.3 is 0 Å². The lowest BCUT2D eigenvalue weighted by Gasteiger charge is -2.15. The third-order valence-corrected chi connectivity index (χ3v) is 4.79. The second-order valence-electron chi connectivity index (χ2n) is 7.05. The van der Waals surface area contributed by atoms with E-state index in [2.05, 4.69) is 24.3 Å². The molecule has 0 aliphatic heterocycles. The highest BCUT2D eigenvalue weighted by atomic mass is 35.5. The van der Waals surface area contributed by atoms with E-state index in [1.54, 1.807) is 23.0 Å². The molecule has 2 heterocycles. The number of amides is 1. The van der Waals surface area contributed by atoms with Crippen molar-refractivity contribution >= 4 is 17.5 Å². The van der Waals surface area contributed by atoms with Crippen molar-refractivity contribution in [3.05, 3.63) is 69.9 Å². The molecule has 0 radical (unpaired) electrons. The number of aromatic nitrogens is 2. The van der Waals surface area contributed by atoms with Crippen LogP contribution in [0.3, 0.4) is 0 Å². The molecule has 1 aromatic carbocycles. The van der Waals surface area contributed by atoms with Crippen LogP contribution in [-0.2, 0) is 20.2 Å². The number of hydrogen-bond donors (Lipinski definition) is 1. The fourth-order valence-electron chi connectivity index (χ4n) is 2.81. The van der Waals surface area contributed by atoms with Crippen molar-refractivity contribution in [3.8, 4) is 5.75 Å². The number of benzene rings is 1. The first-order valence-electron chi connectivity index (χ1n) is 9.10. The fraction of sp³-hybridized carbons (Fsp3) is 0.333. The third kappa shape index (κ3) is 4.75. The standard InChI is InChI=1S/C21H24ClN3O3/c1-13(2)17-8-18(22)14(3)7-20(17)27-12-16-5-6-19(28-16)21(26)23-9-15-10-24-25(4)11-15/h5-8,10-11,13H,9,12H2,1-4H3,(H,23,26). The molecular formula is C21H24ClN3O3. The predicted octanol–water partition coefficient (Wildman–Crippen LogP) is 4.61. The Balaban J connectivity index is 1.62. The van der Waals surface area contributed by atoms with Crippen LogP contribution in [0.4, 0.5) is 0 Å². The molecule has 0 unspecified atom stereocenters. The highest BCUT2D eigenvalue weighted by Crippen LogP contribution is 2.32. The summed E-state index contributed by atoms with van der Waals surface area (Å²) >= 11 is 6.24. The zero-order valence-corrected chi connectivity index (χ0v) is 17.2. The van der Waals surface area contributed by atoms with Crippen LogP contribution in [-0.4, -0.2) is 15.7 Å². The summed E-state index contributed by atoms with van der Waals surface area (Å²) in [6.45, 7) is 6.74. The molecule has 28 heavy (non-hydrogen) atoms. The maximum atomic E-state index is 12.3. The maximum absolute atomic E-state index is 12.3. The largest absolute Gasteiger partial charge is 0.485 e. The smallest absolute Gasteiger partial charge is 0.287 e. The number of rotatable bonds is 7. The summed E-state index contributed by atoms with van der Waals surface area (Å²) in [4.78, 5) is 12.3. The van der Waals surface area contributed by atoms with Crippen LogP contribution < -0.4 is 10.1 Å². The van der Waals surface area contributed by atoms with E-state index in [1.807, 2.05) is 32.3 Å². The van der Waals surface area contributed by atoms with Gasteiger partial charge in [0.1, 0.15) is 18.1 Å². The Hall–Kier alpha value is -2.73. The van der Waals surface area contributed by atoms with E-state index in [0.717, 1.165) is 27.5 Å². The van der Waals surface area contributed by atoms with E-state index in [0.29, 0.717) is 12.3 Å². The molecule has 0 aliphatic carbocycles. The van der Waals surface area contributed by atoms with Crippen LogP contribution in [0.25, 0.3) is 0 Å². The summed E-state index contributed by atoms with van der Waals surface area (Å²) in [5.41, 5.74) is 2.91. The predicted molar refractivity (Wildman–Crippen MR) is 108 cm³/mol. The topological polar surface area (TPSA) is 69.3 Å². The minimum Gasteiger partial charge on any atom is -0.485 e. The SMILES string of the molecule is Cc1cc(OCc2ccc(C(=O)NCc3cnn(C)c3)o2)c(C(C)C)cc1Cl. The molecule has 1 N–H and O–H groups in total. The number of aryl methyl sites for hydroxylation is 2. The van der Waals surface area contributed by atoms with E-state index in [-0.39, 0.29) is 24.2 Å². The van der Waals surface area contributed by atoms with E-state index in [9.17, 15) is 4.79 Å². The molecule has 0 atom stereocenters. The average Bonchev–Trinajstić information content (AvgIpc) is 3.29. The van der Waals surface area contributed by atoms with Crippen molar-refractivity contribution in [2.45, 2.75) is 39.8 Å². The van der Waals surface area contributed by atoms with E-state index < -0.39 is 0 Å². The minimum atomic E-state index is -0.277. The lowest BCUT2D eigenvalue weighted by molar-refractivity contribution is 0.0919. The lowest BCUT2D eigenvalue weighted by Crippen LogP contribution is -2.22. The number of carbonyl (C=O) groups excluding carboxylic acids is 1. The maximum Gasteiger partial charge on any atom is 0.287 e. The number of nitrogens with zero attached hydrogens (tertiary/aromatic N) is 2. The number of carbonyl (C=O) groups is 1. The Morgan fingerprint density at radius 2 is 2.14 bits per heavy atom. The number of furan rings is 1. The van der Waals surface area contributed by atoms with Gasteiger partial charge in [-0.1, -0.05) is 25.4 Å². The van der Waals surface area contributed by atoms with Crippen molar-refractivity contribution in [2.75, 3.05) is 0 Å². The number of hydrogen-bond acceptors (Lipinski definition) is 4. The highest BCUT2D eigenvalue weighted by molar-refractivity contribution is 6.31. The van der Waals surface area contributed by atoms with Crippen LogP contribution in [0, 0.1) is 6.92 Å². The van der Waals surface area contributed by atoms with Crippen molar-refractivity contribution in [1.29, 1.82) is 0 Å². The van der Waals surface area contributed by atoms with Crippen LogP contribution in [0.5, 0.6) is 5.75 Å². The number of halogens is 1. The zero-order chi connectivity index (χ0) is 20.3. The van der Waals surface area contributed by atoms with Gasteiger partial charge in [0.25, 0.3) is 5.91 Å². The van der Waals surface area contributed by atoms with Crippen molar-refractivity contribution < 1.29 is 13.9 Å². The Kier molecular flexibility index (Phi) is 6.09. The van der Waals surface area contributed by atoms with Crippen LogP contribution in [0.1, 0.15) is 52.8 Å². The zero-order valence-electron chi connectivity index (χ0n) is 16.5. The van der Waals surface area contributed by atoms with E-state index in [4.69, 9.17) is 20.8 Å². The van der Waals surface area contributed by atoms with Crippen LogP contribution >= 0.6 is 11.6 Å². The average molecular weight is 402 g/mol. The molecule has 7 heteroatoms. The molecule has 3 rings (SSSR count). The van der Waals surface area contributed by atoms with Gasteiger partial charge in [0.15, 0.2) is 5.76 Å². The first-order valence-corrected chi connectivity index (χ1v) is 9.48. The molecule has 2 aromatic heterocycles. The van der Waals surface area contributed by atoms with Crippen LogP contribution in [0.2, 0.25) is 5.02 Å². The second kappa shape index (κ2) is 8.52. The van der Waals surface area contributed by atoms with E-state index >= 15 is 0 Å². The van der Waals surface area contributed by atoms with Gasteiger partial charge < -0.3 is 14.5 Å². The van der Waals surface area contributed by atoms with Gasteiger partial charge in [0, 0.05) is 30.4 Å². The van der Waals surface area contributed by atoms with Crippen LogP contribution in [0.15, 0.2) is 41.1 Å². The van der Waals surface area contributed by atoms with Gasteiger partial charge in [-0.05, 0) is 48.2 Å². The summed E-state index contributed by atoms with van der Waals surface area (Å²) in [6, 6.07) is 7.27. The molecule has 1 amide bonds. The number of nitrogens with one attached hydrogen (secondary N) is 1. The molecule has 0 fully saturated rings. The minimum absolute atomic E-state index is 0.233. The Labute approximate surface area is 169 Å². The molecule has 0 saturated heterocycles. The summed E-state index contributed by atoms with van der Waals surface area (Å²) in [5.74, 6) is 1.60. The molecule has 0 spiro atoms. The van der Waals surface area contributed by atoms with Gasteiger partial charge in [0.05, 0.1) is 6.20 Å². The molecule has 0 bridgehead atoms. The second-order valence-corrected chi connectivity index (χ2v) is 7.46. The van der Waals surface area contributed by atoms with Gasteiger partial charge in [-0.25, -0.2) is 0 Å². The Morgan fingerprint density at radius 3 is 2.82 bits per heavy atom. The summed E-state index contributed by atoms with van der Waals surface area (Å²) < 4.78 is 13.3. The van der Waals surface area contributed by atoms with Crippen molar-refractivity contribution in [1.82, 2.24) is 15.1 Å². The van der Waals surface area contributed by atoms with Gasteiger partial charge in [-0.2, -0.15) is 5.10 Å². The molecule has 148 valence electrons. The molecule has 6 nitrogen and oxygen atoms in total. The third-order valence-electron chi connectivity index (χ3n) is 4.38. The summed E-state index contributed by atoms with van der Waals surface area (Å²) in [5, 5.41) is 7.61. The quantitative estimate of drug-likeness (QED) is 0.627. The molecule has 0 aliphatic rings. The van der Waals surface area contributed by atoms with E-state index in [1.165, 1.54) is 0 Å². The first-order chi connectivity index (χ1) is 13.3. The molecule has 3 aromatic rings. The molecule has 0 saturated carbocycles. The summed E-state index contributed by atoms with van der Waals surface area (Å²) in [6.07, 6.45) is 3.56.